The minimum atomic E-state index is -2.32. The van der Waals surface area contributed by atoms with Crippen LogP contribution in [0.2, 0.25) is 0 Å². The van der Waals surface area contributed by atoms with E-state index in [4.69, 9.17) is 0 Å². The van der Waals surface area contributed by atoms with Gasteiger partial charge in [0.15, 0.2) is 5.69 Å². The van der Waals surface area contributed by atoms with E-state index in [9.17, 15) is 13.6 Å². The molecule has 3 aromatic heterocycles. The van der Waals surface area contributed by atoms with Crippen LogP contribution in [0.15, 0.2) is 31.0 Å². The van der Waals surface area contributed by atoms with Crippen molar-refractivity contribution < 1.29 is 13.6 Å². The fourth-order valence-corrected chi connectivity index (χ4v) is 4.23. The second-order valence-electron chi connectivity index (χ2n) is 8.82. The molecule has 30 heavy (non-hydrogen) atoms. The molecule has 0 radical (unpaired) electrons. The van der Waals surface area contributed by atoms with Crippen molar-refractivity contribution >= 4 is 16.8 Å². The molecule has 1 aliphatic carbocycles. The summed E-state index contributed by atoms with van der Waals surface area (Å²) >= 11 is 0. The molecule has 4 rings (SSSR count). The van der Waals surface area contributed by atoms with Gasteiger partial charge in [0.1, 0.15) is 12.1 Å². The molecule has 9 heteroatoms. The van der Waals surface area contributed by atoms with Crippen molar-refractivity contribution in [2.24, 2.45) is 11.3 Å². The van der Waals surface area contributed by atoms with Crippen molar-refractivity contribution in [1.29, 1.82) is 0 Å². The first-order chi connectivity index (χ1) is 14.3. The van der Waals surface area contributed by atoms with Crippen LogP contribution in [0.1, 0.15) is 56.4 Å². The molecule has 3 aromatic rings. The van der Waals surface area contributed by atoms with Gasteiger partial charge in [-0.25, -0.2) is 18.7 Å². The Kier molecular flexibility index (Phi) is 5.53. The molecule has 7 nitrogen and oxygen atoms in total. The maximum Gasteiger partial charge on any atom is 0.272 e. The molecule has 0 unspecified atom stereocenters. The molecule has 3 heterocycles. The second-order valence-corrected chi connectivity index (χ2v) is 8.82. The van der Waals surface area contributed by atoms with Gasteiger partial charge in [0, 0.05) is 29.2 Å². The molecule has 0 aromatic carbocycles. The predicted molar refractivity (Wildman–Crippen MR) is 109 cm³/mol. The third kappa shape index (κ3) is 4.20. The van der Waals surface area contributed by atoms with Crippen LogP contribution in [0.3, 0.4) is 0 Å². The number of hydrogen-bond donors (Lipinski definition) is 2. The fourth-order valence-electron chi connectivity index (χ4n) is 4.23. The number of pyridine rings is 1. The Hall–Kier alpha value is -2.84. The van der Waals surface area contributed by atoms with E-state index < -0.39 is 11.8 Å². The van der Waals surface area contributed by atoms with Gasteiger partial charge in [-0.05, 0) is 44.1 Å². The Balaban J connectivity index is 1.44. The van der Waals surface area contributed by atoms with E-state index in [2.05, 4.69) is 25.5 Å². The highest BCUT2D eigenvalue weighted by atomic mass is 19.3. The summed E-state index contributed by atoms with van der Waals surface area (Å²) in [6.07, 6.45) is 8.11. The number of aromatic amines is 1. The maximum absolute atomic E-state index is 13.2. The lowest BCUT2D eigenvalue weighted by molar-refractivity contribution is -0.00110. The van der Waals surface area contributed by atoms with E-state index in [-0.39, 0.29) is 23.6 Å². The molecule has 0 spiro atoms. The molecule has 1 saturated carbocycles. The normalized spacial score (nSPS) is 20.0. The largest absolute Gasteiger partial charge is 0.348 e. The lowest BCUT2D eigenvalue weighted by Crippen LogP contribution is -2.39. The summed E-state index contributed by atoms with van der Waals surface area (Å²) in [6.45, 7) is 3.25. The first-order valence-electron chi connectivity index (χ1n) is 10.2. The number of alkyl halides is 2. The topological polar surface area (TPSA) is 88.5 Å². The average Bonchev–Trinajstić information content (AvgIpc) is 3.40. The van der Waals surface area contributed by atoms with E-state index in [1.165, 1.54) is 0 Å². The minimum absolute atomic E-state index is 0.0140. The molecular weight excluding hydrogens is 390 g/mol. The maximum atomic E-state index is 13.2. The molecule has 0 saturated heterocycles. The van der Waals surface area contributed by atoms with E-state index in [0.717, 1.165) is 31.1 Å². The van der Waals surface area contributed by atoms with Gasteiger partial charge in [-0.2, -0.15) is 5.10 Å². The number of carbonyl (C=O) groups excluding carboxylic acids is 1. The number of fused-ring (bicyclic) bond motifs is 1. The van der Waals surface area contributed by atoms with E-state index in [1.807, 2.05) is 6.07 Å². The predicted octanol–water partition coefficient (Wildman–Crippen LogP) is 4.11. The molecule has 0 aliphatic heterocycles. The Morgan fingerprint density at radius 1 is 1.33 bits per heavy atom. The van der Waals surface area contributed by atoms with Gasteiger partial charge in [0.25, 0.3) is 5.91 Å². The number of H-pyrrole nitrogens is 1. The number of hydrogen-bond acceptors (Lipinski definition) is 4. The van der Waals surface area contributed by atoms with Crippen molar-refractivity contribution in [3.8, 4) is 5.82 Å². The van der Waals surface area contributed by atoms with Crippen LogP contribution < -0.4 is 5.32 Å². The molecule has 0 atom stereocenters. The Bertz CT molecular complexity index is 1010. The van der Waals surface area contributed by atoms with Gasteiger partial charge in [-0.3, -0.25) is 14.5 Å². The third-order valence-corrected chi connectivity index (χ3v) is 5.99. The highest BCUT2D eigenvalue weighted by Crippen LogP contribution is 2.38. The van der Waals surface area contributed by atoms with Gasteiger partial charge in [-0.15, -0.1) is 0 Å². The number of halogens is 2. The van der Waals surface area contributed by atoms with Crippen LogP contribution in [0.4, 0.5) is 8.78 Å². The average molecular weight is 416 g/mol. The summed E-state index contributed by atoms with van der Waals surface area (Å²) in [6, 6.07) is 1.85. The minimum Gasteiger partial charge on any atom is -0.348 e. The SMILES string of the molecule is CC(C)(CC1CCC(NC(=O)c2nc(-n3ccnc3)cc3cn[nH]c23)CC1)C(F)F. The molecule has 160 valence electrons. The highest BCUT2D eigenvalue weighted by molar-refractivity contribution is 6.04. The molecular formula is C21H26F2N6O. The molecule has 1 amide bonds. The molecule has 0 bridgehead atoms. The van der Waals surface area contributed by atoms with Crippen LogP contribution >= 0.6 is 0 Å². The monoisotopic (exact) mass is 416 g/mol. The summed E-state index contributed by atoms with van der Waals surface area (Å²) in [7, 11) is 0. The first kappa shape index (κ1) is 20.4. The number of imidazole rings is 1. The zero-order chi connectivity index (χ0) is 21.3. The van der Waals surface area contributed by atoms with Crippen molar-refractivity contribution in [1.82, 2.24) is 30.0 Å². The fraction of sp³-hybridized carbons (Fsp3) is 0.524. The summed E-state index contributed by atoms with van der Waals surface area (Å²) in [5.41, 5.74) is -0.0941. The summed E-state index contributed by atoms with van der Waals surface area (Å²) in [5.74, 6) is 0.594. The van der Waals surface area contributed by atoms with E-state index >= 15 is 0 Å². The van der Waals surface area contributed by atoms with Crippen LogP contribution in [-0.4, -0.2) is 43.1 Å². The summed E-state index contributed by atoms with van der Waals surface area (Å²) in [4.78, 5) is 21.6. The van der Waals surface area contributed by atoms with Crippen LogP contribution in [0, 0.1) is 11.3 Å². The van der Waals surface area contributed by atoms with Gasteiger partial charge < -0.3 is 5.32 Å². The Labute approximate surface area is 173 Å². The van der Waals surface area contributed by atoms with Crippen LogP contribution in [0.25, 0.3) is 16.7 Å². The Morgan fingerprint density at radius 3 is 2.77 bits per heavy atom. The lowest BCUT2D eigenvalue weighted by Gasteiger charge is -2.34. The zero-order valence-corrected chi connectivity index (χ0v) is 17.1. The molecule has 2 N–H and O–H groups in total. The number of carbonyl (C=O) groups is 1. The van der Waals surface area contributed by atoms with E-state index in [0.29, 0.717) is 17.8 Å². The van der Waals surface area contributed by atoms with Gasteiger partial charge in [0.05, 0.1) is 11.7 Å². The van der Waals surface area contributed by atoms with Gasteiger partial charge in [0.2, 0.25) is 6.43 Å². The van der Waals surface area contributed by atoms with Gasteiger partial charge in [-0.1, -0.05) is 13.8 Å². The van der Waals surface area contributed by atoms with Crippen molar-refractivity contribution in [3.63, 3.8) is 0 Å². The summed E-state index contributed by atoms with van der Waals surface area (Å²) < 4.78 is 28.1. The highest BCUT2D eigenvalue weighted by Gasteiger charge is 2.34. The van der Waals surface area contributed by atoms with Crippen molar-refractivity contribution in [2.75, 3.05) is 0 Å². The van der Waals surface area contributed by atoms with Crippen LogP contribution in [0.5, 0.6) is 0 Å². The quantitative estimate of drug-likeness (QED) is 0.633. The van der Waals surface area contributed by atoms with Gasteiger partial charge >= 0.3 is 0 Å². The van der Waals surface area contributed by atoms with Crippen molar-refractivity contribution in [2.45, 2.75) is 58.4 Å². The number of aromatic nitrogens is 5. The second kappa shape index (κ2) is 8.12. The Morgan fingerprint density at radius 2 is 2.10 bits per heavy atom. The summed E-state index contributed by atoms with van der Waals surface area (Å²) in [5, 5.41) is 10.8. The molecule has 1 aliphatic rings. The molecule has 1 fully saturated rings. The standard InChI is InChI=1S/C21H26F2N6O/c1-21(2,20(22)23)10-13-3-5-15(6-4-13)26-19(30)18-17-14(11-25-28-17)9-16(27-18)29-8-7-24-12-29/h7-9,11-13,15,20H,3-6,10H2,1-2H3,(H,25,28)(H,26,30). The zero-order valence-electron chi connectivity index (χ0n) is 17.1. The lowest BCUT2D eigenvalue weighted by atomic mass is 9.75. The number of amides is 1. The number of rotatable bonds is 6. The third-order valence-electron chi connectivity index (χ3n) is 5.99. The van der Waals surface area contributed by atoms with E-state index in [1.54, 1.807) is 43.3 Å². The number of nitrogens with one attached hydrogen (secondary N) is 2. The first-order valence-corrected chi connectivity index (χ1v) is 10.2. The number of nitrogens with zero attached hydrogens (tertiary/aromatic N) is 4. The van der Waals surface area contributed by atoms with Crippen molar-refractivity contribution in [3.05, 3.63) is 36.7 Å². The smallest absolute Gasteiger partial charge is 0.272 e. The van der Waals surface area contributed by atoms with Crippen LogP contribution in [-0.2, 0) is 0 Å².